The average molecular weight is 185 g/mol. The van der Waals surface area contributed by atoms with Gasteiger partial charge in [-0.2, -0.15) is 0 Å². The SMILES string of the molecule is NC(CO)C1CCCCCCCC1. The summed E-state index contributed by atoms with van der Waals surface area (Å²) in [4.78, 5) is 0. The van der Waals surface area contributed by atoms with Gasteiger partial charge in [-0.3, -0.25) is 0 Å². The zero-order valence-electron chi connectivity index (χ0n) is 8.54. The molecule has 1 rings (SSSR count). The molecule has 3 N–H and O–H groups in total. The molecule has 0 radical (unpaired) electrons. The normalized spacial score (nSPS) is 24.5. The predicted octanol–water partition coefficient (Wildman–Crippen LogP) is 2.06. The van der Waals surface area contributed by atoms with E-state index in [2.05, 4.69) is 0 Å². The number of nitrogens with two attached hydrogens (primary N) is 1. The summed E-state index contributed by atoms with van der Waals surface area (Å²) in [7, 11) is 0. The van der Waals surface area contributed by atoms with Gasteiger partial charge in [0.2, 0.25) is 0 Å². The summed E-state index contributed by atoms with van der Waals surface area (Å²) in [6.07, 6.45) is 10.5. The number of hydrogen-bond acceptors (Lipinski definition) is 2. The molecule has 0 saturated heterocycles. The molecule has 0 heterocycles. The van der Waals surface area contributed by atoms with Gasteiger partial charge < -0.3 is 10.8 Å². The van der Waals surface area contributed by atoms with Crippen LogP contribution in [0.3, 0.4) is 0 Å². The van der Waals surface area contributed by atoms with Crippen molar-refractivity contribution in [3.8, 4) is 0 Å². The summed E-state index contributed by atoms with van der Waals surface area (Å²) in [5.41, 5.74) is 5.87. The smallest absolute Gasteiger partial charge is 0.0585 e. The summed E-state index contributed by atoms with van der Waals surface area (Å²) in [5, 5.41) is 8.99. The third-order valence-corrected chi connectivity index (χ3v) is 3.22. The van der Waals surface area contributed by atoms with Crippen LogP contribution in [0.2, 0.25) is 0 Å². The molecule has 1 saturated carbocycles. The molecule has 0 spiro atoms. The second-order valence-corrected chi connectivity index (χ2v) is 4.31. The number of aliphatic hydroxyl groups excluding tert-OH is 1. The molecule has 0 aromatic carbocycles. The van der Waals surface area contributed by atoms with Gasteiger partial charge in [-0.05, 0) is 18.8 Å². The quantitative estimate of drug-likeness (QED) is 0.691. The lowest BCUT2D eigenvalue weighted by atomic mass is 9.90. The van der Waals surface area contributed by atoms with E-state index in [-0.39, 0.29) is 12.6 Å². The largest absolute Gasteiger partial charge is 0.395 e. The molecule has 1 fully saturated rings. The first-order valence-electron chi connectivity index (χ1n) is 5.71. The molecule has 1 aliphatic carbocycles. The van der Waals surface area contributed by atoms with Crippen molar-refractivity contribution in [2.45, 2.75) is 57.4 Å². The Bertz CT molecular complexity index is 117. The molecule has 0 aromatic rings. The minimum absolute atomic E-state index is 0.0260. The predicted molar refractivity (Wildman–Crippen MR) is 55.5 cm³/mol. The van der Waals surface area contributed by atoms with E-state index in [1.807, 2.05) is 0 Å². The van der Waals surface area contributed by atoms with Gasteiger partial charge in [0.15, 0.2) is 0 Å². The van der Waals surface area contributed by atoms with E-state index in [4.69, 9.17) is 10.8 Å². The van der Waals surface area contributed by atoms with Crippen molar-refractivity contribution in [1.82, 2.24) is 0 Å². The topological polar surface area (TPSA) is 46.2 Å². The molecule has 1 atom stereocenters. The maximum atomic E-state index is 8.99. The highest BCUT2D eigenvalue weighted by atomic mass is 16.3. The zero-order chi connectivity index (χ0) is 9.52. The highest BCUT2D eigenvalue weighted by molar-refractivity contribution is 4.73. The van der Waals surface area contributed by atoms with Crippen molar-refractivity contribution in [3.63, 3.8) is 0 Å². The van der Waals surface area contributed by atoms with E-state index in [0.29, 0.717) is 5.92 Å². The van der Waals surface area contributed by atoms with E-state index in [0.717, 1.165) is 0 Å². The first-order chi connectivity index (χ1) is 6.34. The molecule has 13 heavy (non-hydrogen) atoms. The van der Waals surface area contributed by atoms with Crippen LogP contribution in [0.15, 0.2) is 0 Å². The Morgan fingerprint density at radius 1 is 1.00 bits per heavy atom. The summed E-state index contributed by atoms with van der Waals surface area (Å²) in [5.74, 6) is 0.572. The Balaban J connectivity index is 2.31. The lowest BCUT2D eigenvalue weighted by Crippen LogP contribution is -2.33. The van der Waals surface area contributed by atoms with E-state index < -0.39 is 0 Å². The molecule has 2 heteroatoms. The highest BCUT2D eigenvalue weighted by Crippen LogP contribution is 2.23. The van der Waals surface area contributed by atoms with Gasteiger partial charge in [-0.1, -0.05) is 38.5 Å². The second-order valence-electron chi connectivity index (χ2n) is 4.31. The maximum absolute atomic E-state index is 8.99. The Labute approximate surface area is 81.5 Å². The van der Waals surface area contributed by atoms with Gasteiger partial charge in [0.1, 0.15) is 0 Å². The lowest BCUT2D eigenvalue weighted by Gasteiger charge is -2.21. The first-order valence-corrected chi connectivity index (χ1v) is 5.71. The standard InChI is InChI=1S/C11H23NO/c12-11(9-13)10-7-5-3-1-2-4-6-8-10/h10-11,13H,1-9,12H2. The van der Waals surface area contributed by atoms with Gasteiger partial charge in [0.05, 0.1) is 6.61 Å². The van der Waals surface area contributed by atoms with Gasteiger partial charge in [0, 0.05) is 6.04 Å². The molecule has 0 amide bonds. The van der Waals surface area contributed by atoms with Crippen LogP contribution in [0.25, 0.3) is 0 Å². The van der Waals surface area contributed by atoms with E-state index in [1.165, 1.54) is 51.4 Å². The fraction of sp³-hybridized carbons (Fsp3) is 1.00. The van der Waals surface area contributed by atoms with Crippen LogP contribution in [0, 0.1) is 5.92 Å². The van der Waals surface area contributed by atoms with E-state index in [1.54, 1.807) is 0 Å². The summed E-state index contributed by atoms with van der Waals surface area (Å²) in [6.45, 7) is 0.157. The van der Waals surface area contributed by atoms with Crippen LogP contribution < -0.4 is 5.73 Å². The fourth-order valence-corrected chi connectivity index (χ4v) is 2.24. The van der Waals surface area contributed by atoms with Crippen molar-refractivity contribution in [1.29, 1.82) is 0 Å². The Kier molecular flexibility index (Phi) is 5.40. The van der Waals surface area contributed by atoms with Crippen molar-refractivity contribution >= 4 is 0 Å². The average Bonchev–Trinajstić information content (AvgIpc) is 2.29. The van der Waals surface area contributed by atoms with Crippen LogP contribution in [-0.2, 0) is 0 Å². The number of aliphatic hydroxyl groups is 1. The third kappa shape index (κ3) is 4.10. The van der Waals surface area contributed by atoms with Crippen molar-refractivity contribution in [2.75, 3.05) is 6.61 Å². The third-order valence-electron chi connectivity index (χ3n) is 3.22. The first kappa shape index (κ1) is 11.0. The Hall–Kier alpha value is -0.0800. The second kappa shape index (κ2) is 6.39. The number of rotatable bonds is 2. The molecular formula is C11H23NO. The molecule has 0 aromatic heterocycles. The van der Waals surface area contributed by atoms with Gasteiger partial charge in [-0.25, -0.2) is 0 Å². The van der Waals surface area contributed by atoms with Crippen LogP contribution >= 0.6 is 0 Å². The van der Waals surface area contributed by atoms with Crippen LogP contribution in [0.1, 0.15) is 51.4 Å². The van der Waals surface area contributed by atoms with Crippen LogP contribution in [0.5, 0.6) is 0 Å². The summed E-state index contributed by atoms with van der Waals surface area (Å²) in [6, 6.07) is 0.0260. The van der Waals surface area contributed by atoms with Crippen molar-refractivity contribution in [2.24, 2.45) is 11.7 Å². The van der Waals surface area contributed by atoms with Crippen LogP contribution in [0.4, 0.5) is 0 Å². The van der Waals surface area contributed by atoms with Crippen molar-refractivity contribution in [3.05, 3.63) is 0 Å². The Morgan fingerprint density at radius 2 is 1.46 bits per heavy atom. The molecule has 1 unspecified atom stereocenters. The molecule has 0 bridgehead atoms. The van der Waals surface area contributed by atoms with Gasteiger partial charge in [-0.15, -0.1) is 0 Å². The molecule has 78 valence electrons. The number of hydrogen-bond donors (Lipinski definition) is 2. The van der Waals surface area contributed by atoms with E-state index >= 15 is 0 Å². The summed E-state index contributed by atoms with van der Waals surface area (Å²) >= 11 is 0. The van der Waals surface area contributed by atoms with E-state index in [9.17, 15) is 0 Å². The summed E-state index contributed by atoms with van der Waals surface area (Å²) < 4.78 is 0. The van der Waals surface area contributed by atoms with Gasteiger partial charge in [0.25, 0.3) is 0 Å². The minimum Gasteiger partial charge on any atom is -0.395 e. The van der Waals surface area contributed by atoms with Crippen LogP contribution in [-0.4, -0.2) is 17.8 Å². The maximum Gasteiger partial charge on any atom is 0.0585 e. The molecule has 2 nitrogen and oxygen atoms in total. The highest BCUT2D eigenvalue weighted by Gasteiger charge is 2.16. The fourth-order valence-electron chi connectivity index (χ4n) is 2.24. The molecule has 0 aliphatic heterocycles. The Morgan fingerprint density at radius 3 is 1.92 bits per heavy atom. The zero-order valence-corrected chi connectivity index (χ0v) is 8.54. The molecule has 1 aliphatic rings. The lowest BCUT2D eigenvalue weighted by molar-refractivity contribution is 0.211. The van der Waals surface area contributed by atoms with Crippen molar-refractivity contribution < 1.29 is 5.11 Å². The monoisotopic (exact) mass is 185 g/mol. The van der Waals surface area contributed by atoms with Gasteiger partial charge >= 0.3 is 0 Å². The minimum atomic E-state index is 0.0260. The molecular weight excluding hydrogens is 162 g/mol.